The van der Waals surface area contributed by atoms with Gasteiger partial charge in [0.25, 0.3) is 0 Å². The Bertz CT molecular complexity index is 361. The second-order valence-corrected chi connectivity index (χ2v) is 6.79. The van der Waals surface area contributed by atoms with Gasteiger partial charge in [0.15, 0.2) is 0 Å². The van der Waals surface area contributed by atoms with Gasteiger partial charge in [0.2, 0.25) is 0 Å². The lowest BCUT2D eigenvalue weighted by Gasteiger charge is -2.39. The number of furan rings is 1. The Morgan fingerprint density at radius 1 is 1.32 bits per heavy atom. The molecule has 0 amide bonds. The van der Waals surface area contributed by atoms with E-state index in [4.69, 9.17) is 4.42 Å². The van der Waals surface area contributed by atoms with E-state index in [2.05, 4.69) is 39.1 Å². The zero-order chi connectivity index (χ0) is 13.9. The van der Waals surface area contributed by atoms with Gasteiger partial charge in [-0.3, -0.25) is 0 Å². The van der Waals surface area contributed by atoms with Gasteiger partial charge in [-0.05, 0) is 56.1 Å². The van der Waals surface area contributed by atoms with E-state index < -0.39 is 0 Å². The van der Waals surface area contributed by atoms with Crippen molar-refractivity contribution < 1.29 is 4.42 Å². The van der Waals surface area contributed by atoms with Crippen molar-refractivity contribution in [3.63, 3.8) is 0 Å². The molecule has 19 heavy (non-hydrogen) atoms. The van der Waals surface area contributed by atoms with Crippen LogP contribution < -0.4 is 5.32 Å². The van der Waals surface area contributed by atoms with Gasteiger partial charge in [0, 0.05) is 6.04 Å². The normalized spacial score (nSPS) is 26.3. The summed E-state index contributed by atoms with van der Waals surface area (Å²) in [5.41, 5.74) is 0.512. The van der Waals surface area contributed by atoms with Crippen LogP contribution in [0.15, 0.2) is 22.8 Å². The largest absolute Gasteiger partial charge is 0.468 e. The maximum absolute atomic E-state index is 5.47. The fourth-order valence-corrected chi connectivity index (χ4v) is 3.30. The van der Waals surface area contributed by atoms with Gasteiger partial charge in [-0.15, -0.1) is 0 Å². The molecule has 1 heterocycles. The van der Waals surface area contributed by atoms with Gasteiger partial charge in [-0.2, -0.15) is 0 Å². The van der Waals surface area contributed by atoms with Crippen molar-refractivity contribution in [3.05, 3.63) is 24.2 Å². The quantitative estimate of drug-likeness (QED) is 0.815. The highest BCUT2D eigenvalue weighted by atomic mass is 16.3. The highest BCUT2D eigenvalue weighted by Gasteiger charge is 2.32. The van der Waals surface area contributed by atoms with Crippen molar-refractivity contribution in [2.45, 2.75) is 71.9 Å². The Morgan fingerprint density at radius 3 is 2.53 bits per heavy atom. The minimum atomic E-state index is 0.329. The molecule has 0 saturated heterocycles. The van der Waals surface area contributed by atoms with Gasteiger partial charge >= 0.3 is 0 Å². The van der Waals surface area contributed by atoms with Gasteiger partial charge in [0.05, 0.1) is 12.3 Å². The van der Waals surface area contributed by atoms with E-state index in [-0.39, 0.29) is 0 Å². The zero-order valence-electron chi connectivity index (χ0n) is 12.9. The van der Waals surface area contributed by atoms with E-state index in [9.17, 15) is 0 Å². The first-order valence-corrected chi connectivity index (χ1v) is 7.82. The number of nitrogens with one attached hydrogen (secondary N) is 1. The zero-order valence-corrected chi connectivity index (χ0v) is 12.9. The third kappa shape index (κ3) is 3.62. The van der Waals surface area contributed by atoms with Crippen LogP contribution in [0.2, 0.25) is 0 Å². The van der Waals surface area contributed by atoms with E-state index in [1.807, 2.05) is 6.07 Å². The summed E-state index contributed by atoms with van der Waals surface area (Å²) in [6.45, 7) is 9.37. The second kappa shape index (κ2) is 6.13. The topological polar surface area (TPSA) is 25.2 Å². The fourth-order valence-electron chi connectivity index (χ4n) is 3.30. The van der Waals surface area contributed by atoms with Crippen molar-refractivity contribution in [3.8, 4) is 0 Å². The van der Waals surface area contributed by atoms with Crippen LogP contribution in [0.1, 0.15) is 71.6 Å². The molecule has 1 N–H and O–H groups in total. The average molecular weight is 263 g/mol. The van der Waals surface area contributed by atoms with Crippen LogP contribution in [0, 0.1) is 11.3 Å². The number of hydrogen-bond acceptors (Lipinski definition) is 2. The molecular formula is C17H29NO. The van der Waals surface area contributed by atoms with E-state index in [1.165, 1.54) is 32.1 Å². The van der Waals surface area contributed by atoms with Crippen LogP contribution >= 0.6 is 0 Å². The lowest BCUT2D eigenvalue weighted by Crippen LogP contribution is -2.37. The lowest BCUT2D eigenvalue weighted by atomic mass is 9.69. The van der Waals surface area contributed by atoms with Gasteiger partial charge < -0.3 is 9.73 Å². The molecule has 1 atom stereocenters. The highest BCUT2D eigenvalue weighted by molar-refractivity contribution is 5.03. The summed E-state index contributed by atoms with van der Waals surface area (Å²) in [5, 5.41) is 3.72. The predicted octanol–water partition coefficient (Wildman–Crippen LogP) is 4.93. The van der Waals surface area contributed by atoms with E-state index in [0.717, 1.165) is 11.7 Å². The third-order valence-corrected chi connectivity index (χ3v) is 5.20. The van der Waals surface area contributed by atoms with Crippen molar-refractivity contribution in [1.82, 2.24) is 5.32 Å². The molecule has 0 aromatic carbocycles. The van der Waals surface area contributed by atoms with Crippen LogP contribution in [0.25, 0.3) is 0 Å². The summed E-state index contributed by atoms with van der Waals surface area (Å²) in [7, 11) is 0. The second-order valence-electron chi connectivity index (χ2n) is 6.79. The lowest BCUT2D eigenvalue weighted by molar-refractivity contribution is 0.133. The van der Waals surface area contributed by atoms with Crippen LogP contribution in [-0.4, -0.2) is 6.04 Å². The Hall–Kier alpha value is -0.760. The Kier molecular flexibility index (Phi) is 4.72. The van der Waals surface area contributed by atoms with Crippen molar-refractivity contribution >= 4 is 0 Å². The van der Waals surface area contributed by atoms with Crippen LogP contribution in [0.3, 0.4) is 0 Å². The molecule has 108 valence electrons. The predicted molar refractivity (Wildman–Crippen MR) is 80.1 cm³/mol. The molecule has 1 fully saturated rings. The molecule has 0 spiro atoms. The molecule has 2 rings (SSSR count). The first kappa shape index (κ1) is 14.6. The first-order valence-electron chi connectivity index (χ1n) is 7.82. The maximum Gasteiger partial charge on any atom is 0.120 e. The van der Waals surface area contributed by atoms with E-state index in [1.54, 1.807) is 6.26 Å². The summed E-state index contributed by atoms with van der Waals surface area (Å²) in [6, 6.07) is 5.01. The average Bonchev–Trinajstić information content (AvgIpc) is 2.93. The maximum atomic E-state index is 5.47. The standard InChI is InChI=1S/C17H29NO/c1-5-17(3,4)14-8-10-15(11-9-14)18-13(2)16-7-6-12-19-16/h6-7,12-15,18H,5,8-11H2,1-4H3/t13-,14?,15?/m1/s1. The monoisotopic (exact) mass is 263 g/mol. The Labute approximate surface area is 118 Å². The van der Waals surface area contributed by atoms with Crippen molar-refractivity contribution in [2.24, 2.45) is 11.3 Å². The van der Waals surface area contributed by atoms with Crippen molar-refractivity contribution in [1.29, 1.82) is 0 Å². The third-order valence-electron chi connectivity index (χ3n) is 5.20. The molecule has 1 aliphatic carbocycles. The summed E-state index contributed by atoms with van der Waals surface area (Å²) in [5.74, 6) is 1.95. The Morgan fingerprint density at radius 2 is 2.00 bits per heavy atom. The molecule has 0 aliphatic heterocycles. The van der Waals surface area contributed by atoms with Crippen LogP contribution in [0.5, 0.6) is 0 Å². The van der Waals surface area contributed by atoms with Crippen molar-refractivity contribution in [2.75, 3.05) is 0 Å². The molecular weight excluding hydrogens is 234 g/mol. The SMILES string of the molecule is CCC(C)(C)C1CCC(N[C@H](C)c2ccco2)CC1. The molecule has 0 radical (unpaired) electrons. The van der Waals surface area contributed by atoms with Crippen LogP contribution in [0.4, 0.5) is 0 Å². The van der Waals surface area contributed by atoms with E-state index >= 15 is 0 Å². The molecule has 1 aromatic heterocycles. The molecule has 2 nitrogen and oxygen atoms in total. The van der Waals surface area contributed by atoms with Gasteiger partial charge in [-0.1, -0.05) is 27.2 Å². The number of rotatable bonds is 5. The molecule has 0 unspecified atom stereocenters. The van der Waals surface area contributed by atoms with Gasteiger partial charge in [0.1, 0.15) is 5.76 Å². The smallest absolute Gasteiger partial charge is 0.120 e. The molecule has 1 aliphatic rings. The first-order chi connectivity index (χ1) is 9.03. The van der Waals surface area contributed by atoms with Gasteiger partial charge in [-0.25, -0.2) is 0 Å². The number of hydrogen-bond donors (Lipinski definition) is 1. The molecule has 2 heteroatoms. The highest BCUT2D eigenvalue weighted by Crippen LogP contribution is 2.40. The molecule has 0 bridgehead atoms. The summed E-state index contributed by atoms with van der Waals surface area (Å²) in [4.78, 5) is 0. The minimum absolute atomic E-state index is 0.329. The van der Waals surface area contributed by atoms with E-state index in [0.29, 0.717) is 17.5 Å². The summed E-state index contributed by atoms with van der Waals surface area (Å²) >= 11 is 0. The summed E-state index contributed by atoms with van der Waals surface area (Å²) in [6.07, 6.45) is 8.39. The van der Waals surface area contributed by atoms with Crippen LogP contribution in [-0.2, 0) is 0 Å². The molecule has 1 saturated carbocycles. The Balaban J connectivity index is 1.81. The summed E-state index contributed by atoms with van der Waals surface area (Å²) < 4.78 is 5.47. The molecule has 1 aromatic rings. The minimum Gasteiger partial charge on any atom is -0.468 e. The fraction of sp³-hybridized carbons (Fsp3) is 0.765.